The summed E-state index contributed by atoms with van der Waals surface area (Å²) in [4.78, 5) is 0. The van der Waals surface area contributed by atoms with Crippen LogP contribution >= 0.6 is 23.2 Å². The Morgan fingerprint density at radius 3 is 2.64 bits per heavy atom. The molecule has 72 valence electrons. The lowest BCUT2D eigenvalue weighted by atomic mass is 9.92. The van der Waals surface area contributed by atoms with Crippen molar-refractivity contribution in [2.75, 3.05) is 0 Å². The van der Waals surface area contributed by atoms with Crippen LogP contribution in [0.4, 0.5) is 0 Å². The van der Waals surface area contributed by atoms with Crippen LogP contribution in [-0.4, -0.2) is 5.38 Å². The van der Waals surface area contributed by atoms with Gasteiger partial charge in [-0.3, -0.25) is 0 Å². The molecule has 0 saturated carbocycles. The van der Waals surface area contributed by atoms with E-state index in [1.165, 1.54) is 11.1 Å². The Hall–Kier alpha value is -0.460. The van der Waals surface area contributed by atoms with Crippen LogP contribution in [0.5, 0.6) is 0 Å². The molecule has 0 spiro atoms. The van der Waals surface area contributed by atoms with Crippen LogP contribution in [0.1, 0.15) is 29.4 Å². The lowest BCUT2D eigenvalue weighted by Crippen LogP contribution is -2.14. The highest BCUT2D eigenvalue weighted by molar-refractivity contribution is 6.38. The minimum Gasteiger partial charge on any atom is -0.116 e. The highest BCUT2D eigenvalue weighted by Crippen LogP contribution is 2.51. The first-order chi connectivity index (χ1) is 6.77. The molecule has 0 radical (unpaired) electrons. The molecule has 2 aliphatic rings. The fraction of sp³-hybridized carbons (Fsp3) is 0.333. The second kappa shape index (κ2) is 3.01. The van der Waals surface area contributed by atoms with Gasteiger partial charge < -0.3 is 0 Å². The fourth-order valence-corrected chi connectivity index (χ4v) is 3.24. The number of alkyl halides is 1. The van der Waals surface area contributed by atoms with Gasteiger partial charge in [-0.15, -0.1) is 11.6 Å². The van der Waals surface area contributed by atoms with E-state index in [1.54, 1.807) is 0 Å². The van der Waals surface area contributed by atoms with Crippen molar-refractivity contribution in [2.45, 2.75) is 23.6 Å². The van der Waals surface area contributed by atoms with E-state index < -0.39 is 0 Å². The van der Waals surface area contributed by atoms with Gasteiger partial charge in [0.25, 0.3) is 0 Å². The molecule has 0 heterocycles. The number of benzene rings is 1. The predicted octanol–water partition coefficient (Wildman–Crippen LogP) is 4.00. The summed E-state index contributed by atoms with van der Waals surface area (Å²) in [6.45, 7) is 0. The summed E-state index contributed by atoms with van der Waals surface area (Å²) in [7, 11) is 0. The molecule has 0 aromatic heterocycles. The van der Waals surface area contributed by atoms with Crippen molar-refractivity contribution in [3.63, 3.8) is 0 Å². The number of hydrogen-bond acceptors (Lipinski definition) is 0. The van der Waals surface area contributed by atoms with Crippen molar-refractivity contribution in [1.82, 2.24) is 0 Å². The Labute approximate surface area is 93.5 Å². The Morgan fingerprint density at radius 1 is 1.14 bits per heavy atom. The van der Waals surface area contributed by atoms with Crippen LogP contribution in [-0.2, 0) is 0 Å². The molecule has 0 N–H and O–H groups in total. The van der Waals surface area contributed by atoms with Crippen molar-refractivity contribution in [2.24, 2.45) is 0 Å². The van der Waals surface area contributed by atoms with E-state index in [4.69, 9.17) is 23.2 Å². The Balaban J connectivity index is 2.18. The van der Waals surface area contributed by atoms with Crippen LogP contribution in [0.25, 0.3) is 0 Å². The van der Waals surface area contributed by atoms with Crippen molar-refractivity contribution in [3.05, 3.63) is 46.5 Å². The third-order valence-corrected chi connectivity index (χ3v) is 4.29. The molecular formula is C12H10Cl2. The molecule has 3 rings (SSSR count). The summed E-state index contributed by atoms with van der Waals surface area (Å²) < 4.78 is 0. The quantitative estimate of drug-likeness (QED) is 0.585. The lowest BCUT2D eigenvalue weighted by Gasteiger charge is -2.21. The van der Waals surface area contributed by atoms with Gasteiger partial charge in [0.2, 0.25) is 0 Å². The zero-order valence-corrected chi connectivity index (χ0v) is 9.09. The van der Waals surface area contributed by atoms with Crippen LogP contribution in [0.15, 0.2) is 35.4 Å². The molecule has 2 aliphatic carbocycles. The van der Waals surface area contributed by atoms with E-state index in [9.17, 15) is 0 Å². The number of rotatable bonds is 0. The van der Waals surface area contributed by atoms with Crippen molar-refractivity contribution >= 4 is 23.2 Å². The van der Waals surface area contributed by atoms with Gasteiger partial charge in [0, 0.05) is 16.9 Å². The Morgan fingerprint density at radius 2 is 1.86 bits per heavy atom. The number of hydrogen-bond donors (Lipinski definition) is 0. The molecule has 0 fully saturated rings. The second-order valence-corrected chi connectivity index (χ2v) is 4.94. The molecular weight excluding hydrogens is 215 g/mol. The van der Waals surface area contributed by atoms with Gasteiger partial charge in [0.05, 0.1) is 5.38 Å². The maximum atomic E-state index is 6.29. The summed E-state index contributed by atoms with van der Waals surface area (Å²) >= 11 is 12.4. The van der Waals surface area contributed by atoms with E-state index >= 15 is 0 Å². The van der Waals surface area contributed by atoms with Gasteiger partial charge in [-0.25, -0.2) is 0 Å². The average Bonchev–Trinajstić information content (AvgIpc) is 2.52. The van der Waals surface area contributed by atoms with E-state index in [2.05, 4.69) is 30.3 Å². The van der Waals surface area contributed by atoms with E-state index in [-0.39, 0.29) is 5.38 Å². The second-order valence-electron chi connectivity index (χ2n) is 4.03. The molecule has 0 nitrogen and oxygen atoms in total. The highest BCUT2D eigenvalue weighted by atomic mass is 35.5. The summed E-state index contributed by atoms with van der Waals surface area (Å²) in [5.41, 5.74) is 2.81. The van der Waals surface area contributed by atoms with Gasteiger partial charge in [-0.05, 0) is 17.5 Å². The SMILES string of the molecule is ClC1=C[C@@H]2C[C@@H](c3ccccc32)[C@@H]1Cl. The van der Waals surface area contributed by atoms with E-state index in [0.717, 1.165) is 11.5 Å². The Kier molecular flexibility index (Phi) is 1.90. The van der Waals surface area contributed by atoms with Crippen molar-refractivity contribution in [3.8, 4) is 0 Å². The van der Waals surface area contributed by atoms with Gasteiger partial charge in [0.1, 0.15) is 0 Å². The number of allylic oxidation sites excluding steroid dienone is 2. The summed E-state index contributed by atoms with van der Waals surface area (Å²) in [6, 6.07) is 8.54. The molecule has 0 aliphatic heterocycles. The molecule has 2 heteroatoms. The van der Waals surface area contributed by atoms with E-state index in [0.29, 0.717) is 11.8 Å². The number of fused-ring (bicyclic) bond motifs is 5. The summed E-state index contributed by atoms with van der Waals surface area (Å²) in [5, 5.41) is 0.806. The third kappa shape index (κ3) is 1.07. The minimum atomic E-state index is -0.0171. The molecule has 0 saturated heterocycles. The first-order valence-electron chi connectivity index (χ1n) is 4.87. The fourth-order valence-electron chi connectivity index (χ4n) is 2.63. The van der Waals surface area contributed by atoms with Crippen LogP contribution < -0.4 is 0 Å². The molecule has 2 bridgehead atoms. The van der Waals surface area contributed by atoms with E-state index in [1.807, 2.05) is 0 Å². The molecule has 0 unspecified atom stereocenters. The third-order valence-electron chi connectivity index (χ3n) is 3.28. The highest BCUT2D eigenvalue weighted by Gasteiger charge is 2.39. The normalized spacial score (nSPS) is 33.9. The maximum Gasteiger partial charge on any atom is 0.0758 e. The molecule has 3 atom stereocenters. The summed E-state index contributed by atoms with van der Waals surface area (Å²) in [6.07, 6.45) is 3.24. The zero-order valence-electron chi connectivity index (χ0n) is 7.58. The largest absolute Gasteiger partial charge is 0.116 e. The van der Waals surface area contributed by atoms with Gasteiger partial charge in [0.15, 0.2) is 0 Å². The van der Waals surface area contributed by atoms with Crippen LogP contribution in [0.3, 0.4) is 0 Å². The predicted molar refractivity (Wildman–Crippen MR) is 60.1 cm³/mol. The van der Waals surface area contributed by atoms with Crippen LogP contribution in [0, 0.1) is 0 Å². The molecule has 0 amide bonds. The monoisotopic (exact) mass is 224 g/mol. The van der Waals surface area contributed by atoms with Crippen molar-refractivity contribution in [1.29, 1.82) is 0 Å². The topological polar surface area (TPSA) is 0 Å². The first kappa shape index (κ1) is 8.82. The Bertz CT molecular complexity index is 409. The van der Waals surface area contributed by atoms with Gasteiger partial charge in [-0.2, -0.15) is 0 Å². The minimum absolute atomic E-state index is 0.0171. The van der Waals surface area contributed by atoms with Crippen LogP contribution in [0.2, 0.25) is 0 Å². The molecule has 1 aromatic carbocycles. The average molecular weight is 225 g/mol. The first-order valence-corrected chi connectivity index (χ1v) is 5.69. The lowest BCUT2D eigenvalue weighted by molar-refractivity contribution is 0.626. The maximum absolute atomic E-state index is 6.29. The molecule has 14 heavy (non-hydrogen) atoms. The van der Waals surface area contributed by atoms with Gasteiger partial charge >= 0.3 is 0 Å². The zero-order chi connectivity index (χ0) is 9.71. The summed E-state index contributed by atoms with van der Waals surface area (Å²) in [5.74, 6) is 0.925. The van der Waals surface area contributed by atoms with Gasteiger partial charge in [-0.1, -0.05) is 41.9 Å². The standard InChI is InChI=1S/C12H10Cl2/c13-11-6-7-5-10(12(11)14)9-4-2-1-3-8(7)9/h1-4,6-7,10,12H,5H2/t7-,10-,12-/m0/s1. The van der Waals surface area contributed by atoms with Crippen molar-refractivity contribution < 1.29 is 0 Å². The molecule has 1 aromatic rings. The number of halogens is 2. The smallest absolute Gasteiger partial charge is 0.0758 e.